The summed E-state index contributed by atoms with van der Waals surface area (Å²) in [5, 5.41) is 2.64. The molecule has 10 heteroatoms. The number of nitrogens with zero attached hydrogens (tertiary/aromatic N) is 2. The topological polar surface area (TPSA) is 64.1 Å². The highest BCUT2D eigenvalue weighted by Crippen LogP contribution is 2.34. The number of rotatable bonds is 5. The molecule has 1 N–H and O–H groups in total. The molecule has 0 saturated carbocycles. The van der Waals surface area contributed by atoms with E-state index in [9.17, 15) is 22.4 Å². The van der Waals surface area contributed by atoms with Crippen molar-refractivity contribution in [2.24, 2.45) is 0 Å². The minimum atomic E-state index is -4.61. The van der Waals surface area contributed by atoms with Crippen LogP contribution in [0.15, 0.2) is 55.0 Å². The highest BCUT2D eigenvalue weighted by Gasteiger charge is 2.29. The van der Waals surface area contributed by atoms with Gasteiger partial charge in [-0.05, 0) is 36.4 Å². The van der Waals surface area contributed by atoms with Crippen LogP contribution in [-0.2, 0) is 0 Å². The molecule has 5 nitrogen and oxygen atoms in total. The lowest BCUT2D eigenvalue weighted by Gasteiger charge is -2.14. The van der Waals surface area contributed by atoms with Crippen molar-refractivity contribution >= 4 is 23.2 Å². The number of ether oxygens (including phenoxy) is 1. The Morgan fingerprint density at radius 2 is 1.93 bits per heavy atom. The van der Waals surface area contributed by atoms with Crippen LogP contribution in [0.4, 0.5) is 23.2 Å². The van der Waals surface area contributed by atoms with Gasteiger partial charge in [-0.2, -0.15) is 13.2 Å². The zero-order valence-electron chi connectivity index (χ0n) is 14.5. The molecule has 0 atom stereocenters. The maximum absolute atomic E-state index is 14.4. The minimum Gasteiger partial charge on any atom is -0.468 e. The van der Waals surface area contributed by atoms with Gasteiger partial charge >= 0.3 is 6.18 Å². The number of benzene rings is 1. The van der Waals surface area contributed by atoms with E-state index in [0.29, 0.717) is 0 Å². The normalized spacial score (nSPS) is 11.2. The highest BCUT2D eigenvalue weighted by molar-refractivity contribution is 6.30. The number of carbonyl (C=O) groups is 1. The summed E-state index contributed by atoms with van der Waals surface area (Å²) in [6.45, 7) is -1.61. The first-order valence-electron chi connectivity index (χ1n) is 8.09. The van der Waals surface area contributed by atoms with E-state index in [4.69, 9.17) is 16.3 Å². The number of halogens is 5. The van der Waals surface area contributed by atoms with Crippen LogP contribution in [0.3, 0.4) is 0 Å². The van der Waals surface area contributed by atoms with E-state index in [-0.39, 0.29) is 27.4 Å². The summed E-state index contributed by atoms with van der Waals surface area (Å²) >= 11 is 5.73. The quantitative estimate of drug-likeness (QED) is 0.576. The molecule has 0 fully saturated rings. The van der Waals surface area contributed by atoms with E-state index >= 15 is 0 Å². The van der Waals surface area contributed by atoms with E-state index < -0.39 is 30.4 Å². The van der Waals surface area contributed by atoms with E-state index in [1.54, 1.807) is 6.07 Å². The van der Waals surface area contributed by atoms with Crippen LogP contribution >= 0.6 is 11.6 Å². The molecule has 1 amide bonds. The molecule has 1 aromatic carbocycles. The number of hydrogen-bond donors (Lipinski definition) is 1. The molecule has 2 aromatic heterocycles. The molecule has 0 bridgehead atoms. The number of aromatic nitrogens is 2. The third-order valence-electron chi connectivity index (χ3n) is 3.63. The van der Waals surface area contributed by atoms with Crippen molar-refractivity contribution in [1.82, 2.24) is 9.97 Å². The third kappa shape index (κ3) is 5.41. The van der Waals surface area contributed by atoms with Crippen LogP contribution in [0, 0.1) is 5.82 Å². The van der Waals surface area contributed by atoms with E-state index in [1.807, 2.05) is 0 Å². The number of anilines is 1. The lowest BCUT2D eigenvalue weighted by Crippen LogP contribution is -2.20. The van der Waals surface area contributed by atoms with Gasteiger partial charge in [0.2, 0.25) is 5.88 Å². The number of carbonyl (C=O) groups excluding carboxylic acids is 1. The van der Waals surface area contributed by atoms with E-state index in [0.717, 1.165) is 12.3 Å². The summed E-state index contributed by atoms with van der Waals surface area (Å²) in [5.74, 6) is -1.75. The molecule has 3 rings (SSSR count). The summed E-state index contributed by atoms with van der Waals surface area (Å²) in [6.07, 6.45) is -0.669. The summed E-state index contributed by atoms with van der Waals surface area (Å²) in [7, 11) is 0. The van der Waals surface area contributed by atoms with Gasteiger partial charge in [0.15, 0.2) is 6.61 Å². The summed E-state index contributed by atoms with van der Waals surface area (Å²) in [6, 6.07) is 8.01. The Bertz CT molecular complexity index is 1030. The van der Waals surface area contributed by atoms with Crippen LogP contribution in [0.5, 0.6) is 5.88 Å². The first-order chi connectivity index (χ1) is 13.7. The van der Waals surface area contributed by atoms with Crippen molar-refractivity contribution in [2.45, 2.75) is 6.18 Å². The van der Waals surface area contributed by atoms with Crippen molar-refractivity contribution < 1.29 is 27.1 Å². The SMILES string of the molecule is O=C(Nc1cnc(OCC(F)(F)F)c(-c2ccc(Cl)cc2F)c1)c1cccnc1. The number of amides is 1. The first kappa shape index (κ1) is 20.5. The minimum absolute atomic E-state index is 0.0765. The monoisotopic (exact) mass is 425 g/mol. The maximum atomic E-state index is 14.4. The van der Waals surface area contributed by atoms with E-state index in [1.165, 1.54) is 36.7 Å². The second-order valence-electron chi connectivity index (χ2n) is 5.80. The third-order valence-corrected chi connectivity index (χ3v) is 3.86. The fourth-order valence-corrected chi connectivity index (χ4v) is 2.55. The van der Waals surface area contributed by atoms with Crippen molar-refractivity contribution in [3.8, 4) is 17.0 Å². The Kier molecular flexibility index (Phi) is 5.97. The van der Waals surface area contributed by atoms with Gasteiger partial charge in [0.1, 0.15) is 5.82 Å². The predicted molar refractivity (Wildman–Crippen MR) is 98.4 cm³/mol. The molecule has 0 aliphatic carbocycles. The van der Waals surface area contributed by atoms with Crippen molar-refractivity contribution in [1.29, 1.82) is 0 Å². The summed E-state index contributed by atoms with van der Waals surface area (Å²) in [4.78, 5) is 19.9. The molecular formula is C19H12ClF4N3O2. The molecule has 3 aromatic rings. The van der Waals surface area contributed by atoms with E-state index in [2.05, 4.69) is 15.3 Å². The molecular weight excluding hydrogens is 414 g/mol. The number of pyridine rings is 2. The summed E-state index contributed by atoms with van der Waals surface area (Å²) < 4.78 is 56.7. The second-order valence-corrected chi connectivity index (χ2v) is 6.24. The molecule has 2 heterocycles. The molecule has 0 aliphatic rings. The van der Waals surface area contributed by atoms with Crippen LogP contribution < -0.4 is 10.1 Å². The van der Waals surface area contributed by atoms with Gasteiger partial charge < -0.3 is 10.1 Å². The molecule has 150 valence electrons. The molecule has 29 heavy (non-hydrogen) atoms. The second kappa shape index (κ2) is 8.44. The Balaban J connectivity index is 1.97. The lowest BCUT2D eigenvalue weighted by molar-refractivity contribution is -0.154. The number of nitrogens with one attached hydrogen (secondary N) is 1. The van der Waals surface area contributed by atoms with Crippen LogP contribution in [0.1, 0.15) is 10.4 Å². The molecule has 0 radical (unpaired) electrons. The van der Waals surface area contributed by atoms with Gasteiger partial charge in [-0.15, -0.1) is 0 Å². The van der Waals surface area contributed by atoms with Gasteiger partial charge in [0.25, 0.3) is 5.91 Å². The van der Waals surface area contributed by atoms with Gasteiger partial charge in [0.05, 0.1) is 17.4 Å². The fourth-order valence-electron chi connectivity index (χ4n) is 2.39. The average molecular weight is 426 g/mol. The van der Waals surface area contributed by atoms with Crippen LogP contribution in [-0.4, -0.2) is 28.7 Å². The van der Waals surface area contributed by atoms with Gasteiger partial charge in [-0.1, -0.05) is 11.6 Å². The Labute approximate surface area is 167 Å². The highest BCUT2D eigenvalue weighted by atomic mass is 35.5. The van der Waals surface area contributed by atoms with Crippen molar-refractivity contribution in [2.75, 3.05) is 11.9 Å². The largest absolute Gasteiger partial charge is 0.468 e. The van der Waals surface area contributed by atoms with Crippen molar-refractivity contribution in [3.63, 3.8) is 0 Å². The van der Waals surface area contributed by atoms with Crippen molar-refractivity contribution in [3.05, 3.63) is 71.4 Å². The standard InChI is InChI=1S/C19H12ClF4N3O2/c20-12-3-4-14(16(21)6-12)15-7-13(9-26-18(15)29-10-19(22,23)24)27-17(28)11-2-1-5-25-8-11/h1-9H,10H2,(H,27,28). The first-order valence-corrected chi connectivity index (χ1v) is 8.47. The maximum Gasteiger partial charge on any atom is 0.422 e. The van der Waals surface area contributed by atoms with Crippen LogP contribution in [0.2, 0.25) is 5.02 Å². The predicted octanol–water partition coefficient (Wildman–Crippen LogP) is 5.13. The van der Waals surface area contributed by atoms with Gasteiger partial charge in [-0.3, -0.25) is 9.78 Å². The zero-order chi connectivity index (χ0) is 21.0. The smallest absolute Gasteiger partial charge is 0.422 e. The molecule has 0 spiro atoms. The fraction of sp³-hybridized carbons (Fsp3) is 0.105. The molecule has 0 saturated heterocycles. The lowest BCUT2D eigenvalue weighted by atomic mass is 10.1. The summed E-state index contributed by atoms with van der Waals surface area (Å²) in [5.41, 5.74) is 0.218. The Morgan fingerprint density at radius 1 is 1.14 bits per heavy atom. The Morgan fingerprint density at radius 3 is 2.59 bits per heavy atom. The van der Waals surface area contributed by atoms with Gasteiger partial charge in [0, 0.05) is 28.5 Å². The zero-order valence-corrected chi connectivity index (χ0v) is 15.3. The Hall–Kier alpha value is -3.20. The van der Waals surface area contributed by atoms with Gasteiger partial charge in [-0.25, -0.2) is 9.37 Å². The number of hydrogen-bond acceptors (Lipinski definition) is 4. The number of alkyl halides is 3. The molecule has 0 aliphatic heterocycles. The average Bonchev–Trinajstić information content (AvgIpc) is 2.67. The molecule has 0 unspecified atom stereocenters. The van der Waals surface area contributed by atoms with Crippen LogP contribution in [0.25, 0.3) is 11.1 Å².